The van der Waals surface area contributed by atoms with Crippen molar-refractivity contribution in [2.24, 2.45) is 0 Å². The third kappa shape index (κ3) is 3.60. The maximum Gasteiger partial charge on any atom is 0.237 e. The number of amides is 1. The van der Waals surface area contributed by atoms with E-state index in [0.717, 1.165) is 25.8 Å². The third-order valence-electron chi connectivity index (χ3n) is 4.23. The summed E-state index contributed by atoms with van der Waals surface area (Å²) in [5.74, 6) is 0.140. The minimum atomic E-state index is -0.0411. The van der Waals surface area contributed by atoms with E-state index >= 15 is 0 Å². The summed E-state index contributed by atoms with van der Waals surface area (Å²) in [6.45, 7) is 8.15. The van der Waals surface area contributed by atoms with E-state index in [1.807, 2.05) is 0 Å². The van der Waals surface area contributed by atoms with Gasteiger partial charge in [0.2, 0.25) is 5.91 Å². The Balaban J connectivity index is 1.93. The summed E-state index contributed by atoms with van der Waals surface area (Å²) in [7, 11) is 0. The molecule has 1 aliphatic rings. The van der Waals surface area contributed by atoms with Crippen LogP contribution in [0.25, 0.3) is 0 Å². The van der Waals surface area contributed by atoms with E-state index in [1.54, 1.807) is 0 Å². The maximum atomic E-state index is 12.1. The van der Waals surface area contributed by atoms with Gasteiger partial charge in [0.05, 0.1) is 6.04 Å². The number of nitrogens with one attached hydrogen (secondary N) is 2. The molecule has 20 heavy (non-hydrogen) atoms. The van der Waals surface area contributed by atoms with Gasteiger partial charge in [-0.15, -0.1) is 0 Å². The van der Waals surface area contributed by atoms with Crippen LogP contribution in [0.15, 0.2) is 24.3 Å². The number of aryl methyl sites for hydroxylation is 1. The lowest BCUT2D eigenvalue weighted by Gasteiger charge is -2.26. The molecule has 1 aliphatic heterocycles. The van der Waals surface area contributed by atoms with Crippen LogP contribution < -0.4 is 10.6 Å². The van der Waals surface area contributed by atoms with Gasteiger partial charge in [-0.05, 0) is 36.9 Å². The summed E-state index contributed by atoms with van der Waals surface area (Å²) in [5.41, 5.74) is 2.58. The van der Waals surface area contributed by atoms with Crippen molar-refractivity contribution in [1.29, 1.82) is 0 Å². The van der Waals surface area contributed by atoms with Gasteiger partial charge in [-0.1, -0.05) is 45.0 Å². The first kappa shape index (κ1) is 15.0. The molecule has 2 rings (SSSR count). The normalized spacial score (nSPS) is 19.1. The van der Waals surface area contributed by atoms with Crippen LogP contribution in [0.2, 0.25) is 0 Å². The summed E-state index contributed by atoms with van der Waals surface area (Å²) in [4.78, 5) is 12.1. The summed E-state index contributed by atoms with van der Waals surface area (Å²) in [6, 6.07) is 8.72. The number of benzene rings is 1. The summed E-state index contributed by atoms with van der Waals surface area (Å²) in [5, 5.41) is 6.33. The highest BCUT2D eigenvalue weighted by molar-refractivity contribution is 5.82. The second-order valence-corrected chi connectivity index (χ2v) is 6.30. The fraction of sp³-hybridized carbons (Fsp3) is 0.588. The topological polar surface area (TPSA) is 41.1 Å². The highest BCUT2D eigenvalue weighted by Gasteiger charge is 2.25. The summed E-state index contributed by atoms with van der Waals surface area (Å²) in [6.07, 6.45) is 3.11. The Morgan fingerprint density at radius 2 is 2.05 bits per heavy atom. The van der Waals surface area contributed by atoms with Crippen molar-refractivity contribution >= 4 is 5.91 Å². The van der Waals surface area contributed by atoms with Gasteiger partial charge in [-0.3, -0.25) is 4.79 Å². The van der Waals surface area contributed by atoms with Crippen LogP contribution in [-0.2, 0) is 16.6 Å². The largest absolute Gasteiger partial charge is 0.354 e. The number of hydrogen-bond acceptors (Lipinski definition) is 2. The van der Waals surface area contributed by atoms with Crippen LogP contribution >= 0.6 is 0 Å². The van der Waals surface area contributed by atoms with Crippen molar-refractivity contribution in [2.45, 2.75) is 51.5 Å². The molecule has 110 valence electrons. The molecular formula is C17H26N2O. The molecule has 1 aromatic rings. The third-order valence-corrected chi connectivity index (χ3v) is 4.23. The van der Waals surface area contributed by atoms with Gasteiger partial charge in [0.25, 0.3) is 0 Å². The Bertz CT molecular complexity index is 445. The fourth-order valence-corrected chi connectivity index (χ4v) is 2.63. The van der Waals surface area contributed by atoms with Crippen LogP contribution in [0.4, 0.5) is 0 Å². The van der Waals surface area contributed by atoms with E-state index < -0.39 is 0 Å². The lowest BCUT2D eigenvalue weighted by molar-refractivity contribution is -0.123. The molecule has 1 saturated heterocycles. The van der Waals surface area contributed by atoms with Gasteiger partial charge in [0.1, 0.15) is 0 Å². The van der Waals surface area contributed by atoms with Crippen molar-refractivity contribution in [3.63, 3.8) is 0 Å². The van der Waals surface area contributed by atoms with Gasteiger partial charge >= 0.3 is 0 Å². The minimum absolute atomic E-state index is 0.00765. The Hall–Kier alpha value is -1.35. The molecule has 1 heterocycles. The zero-order valence-electron chi connectivity index (χ0n) is 12.8. The molecule has 1 aromatic carbocycles. The van der Waals surface area contributed by atoms with Gasteiger partial charge in [0.15, 0.2) is 0 Å². The summed E-state index contributed by atoms with van der Waals surface area (Å²) >= 11 is 0. The zero-order chi connectivity index (χ0) is 14.6. The van der Waals surface area contributed by atoms with Crippen molar-refractivity contribution < 1.29 is 4.79 Å². The minimum Gasteiger partial charge on any atom is -0.354 e. The van der Waals surface area contributed by atoms with E-state index in [1.165, 1.54) is 11.1 Å². The lowest BCUT2D eigenvalue weighted by Crippen LogP contribution is -2.45. The Kier molecular flexibility index (Phi) is 4.81. The van der Waals surface area contributed by atoms with E-state index in [9.17, 15) is 4.79 Å². The Labute approximate surface area is 122 Å². The molecule has 1 fully saturated rings. The molecular weight excluding hydrogens is 248 g/mol. The van der Waals surface area contributed by atoms with Crippen LogP contribution in [0.1, 0.15) is 44.7 Å². The molecule has 1 unspecified atom stereocenters. The molecule has 0 radical (unpaired) electrons. The second-order valence-electron chi connectivity index (χ2n) is 6.30. The molecule has 3 nitrogen and oxygen atoms in total. The van der Waals surface area contributed by atoms with Gasteiger partial charge in [0, 0.05) is 12.0 Å². The van der Waals surface area contributed by atoms with Crippen molar-refractivity contribution in [3.05, 3.63) is 35.4 Å². The molecule has 1 atom stereocenters. The Morgan fingerprint density at radius 3 is 2.60 bits per heavy atom. The van der Waals surface area contributed by atoms with Crippen LogP contribution in [0.5, 0.6) is 0 Å². The van der Waals surface area contributed by atoms with Crippen LogP contribution in [-0.4, -0.2) is 25.0 Å². The van der Waals surface area contributed by atoms with Gasteiger partial charge < -0.3 is 10.6 Å². The zero-order valence-corrected chi connectivity index (χ0v) is 12.8. The molecule has 0 spiro atoms. The van der Waals surface area contributed by atoms with Crippen molar-refractivity contribution in [1.82, 2.24) is 10.6 Å². The molecule has 0 aliphatic carbocycles. The molecule has 0 bridgehead atoms. The van der Waals surface area contributed by atoms with Gasteiger partial charge in [-0.2, -0.15) is 0 Å². The predicted molar refractivity (Wildman–Crippen MR) is 82.9 cm³/mol. The quantitative estimate of drug-likeness (QED) is 0.865. The number of carbonyl (C=O) groups excluding carboxylic acids is 1. The first-order chi connectivity index (χ1) is 9.53. The smallest absolute Gasteiger partial charge is 0.237 e. The average Bonchev–Trinajstić information content (AvgIpc) is 2.99. The number of carbonyl (C=O) groups is 1. The molecule has 2 N–H and O–H groups in total. The predicted octanol–water partition coefficient (Wildman–Crippen LogP) is 2.39. The standard InChI is InChI=1S/C17H26N2O/c1-4-13-7-9-14(10-8-13)17(2,3)12-19-16(20)15-6-5-11-18-15/h7-10,15,18H,4-6,11-12H2,1-3H3,(H,19,20). The number of rotatable bonds is 5. The van der Waals surface area contributed by atoms with E-state index in [4.69, 9.17) is 0 Å². The lowest BCUT2D eigenvalue weighted by atomic mass is 9.84. The molecule has 0 saturated carbocycles. The molecule has 1 amide bonds. The van der Waals surface area contributed by atoms with Crippen LogP contribution in [0, 0.1) is 0 Å². The monoisotopic (exact) mass is 274 g/mol. The SMILES string of the molecule is CCc1ccc(C(C)(C)CNC(=O)C2CCCN2)cc1. The Morgan fingerprint density at radius 1 is 1.35 bits per heavy atom. The van der Waals surface area contributed by atoms with E-state index in [2.05, 4.69) is 55.7 Å². The van der Waals surface area contributed by atoms with Crippen molar-refractivity contribution in [3.8, 4) is 0 Å². The summed E-state index contributed by atoms with van der Waals surface area (Å²) < 4.78 is 0. The second kappa shape index (κ2) is 6.40. The molecule has 0 aromatic heterocycles. The van der Waals surface area contributed by atoms with Crippen molar-refractivity contribution in [2.75, 3.05) is 13.1 Å². The first-order valence-electron chi connectivity index (χ1n) is 7.63. The van der Waals surface area contributed by atoms with E-state index in [0.29, 0.717) is 6.54 Å². The molecule has 3 heteroatoms. The number of hydrogen-bond donors (Lipinski definition) is 2. The highest BCUT2D eigenvalue weighted by atomic mass is 16.2. The van der Waals surface area contributed by atoms with Gasteiger partial charge in [-0.25, -0.2) is 0 Å². The maximum absolute atomic E-state index is 12.1. The average molecular weight is 274 g/mol. The highest BCUT2D eigenvalue weighted by Crippen LogP contribution is 2.23. The van der Waals surface area contributed by atoms with E-state index in [-0.39, 0.29) is 17.4 Å². The van der Waals surface area contributed by atoms with Crippen LogP contribution in [0.3, 0.4) is 0 Å². The fourth-order valence-electron chi connectivity index (χ4n) is 2.63. The first-order valence-corrected chi connectivity index (χ1v) is 7.63.